The van der Waals surface area contributed by atoms with Crippen molar-refractivity contribution in [3.8, 4) is 11.8 Å². The molecule has 0 N–H and O–H groups in total. The summed E-state index contributed by atoms with van der Waals surface area (Å²) in [5.41, 5.74) is 5.37. The number of para-hydroxylation sites is 1. The fraction of sp³-hybridized carbons (Fsp3) is 0.179. The topological polar surface area (TPSA) is 17.3 Å². The van der Waals surface area contributed by atoms with Crippen LogP contribution >= 0.6 is 0 Å². The SMILES string of the molecule is CC(C)(C)N=Cc1c(C#Cc2ccccc2)c2ccccc2n1Cc1ccccc1. The third-order valence-electron chi connectivity index (χ3n) is 4.87. The molecular weight excluding hydrogens is 364 g/mol. The molecule has 1 aromatic heterocycles. The van der Waals surface area contributed by atoms with Crippen molar-refractivity contribution in [1.29, 1.82) is 0 Å². The summed E-state index contributed by atoms with van der Waals surface area (Å²) in [4.78, 5) is 4.83. The van der Waals surface area contributed by atoms with E-state index in [-0.39, 0.29) is 5.54 Å². The molecule has 0 bridgehead atoms. The van der Waals surface area contributed by atoms with E-state index in [1.165, 1.54) is 11.1 Å². The van der Waals surface area contributed by atoms with Crippen molar-refractivity contribution in [1.82, 2.24) is 4.57 Å². The Balaban J connectivity index is 1.93. The van der Waals surface area contributed by atoms with E-state index < -0.39 is 0 Å². The summed E-state index contributed by atoms with van der Waals surface area (Å²) in [5.74, 6) is 6.80. The third kappa shape index (κ3) is 4.53. The molecule has 0 atom stereocenters. The molecule has 4 rings (SSSR count). The maximum atomic E-state index is 4.83. The van der Waals surface area contributed by atoms with Crippen LogP contribution in [-0.2, 0) is 6.54 Å². The van der Waals surface area contributed by atoms with Crippen LogP contribution in [0.4, 0.5) is 0 Å². The first-order valence-corrected chi connectivity index (χ1v) is 10.3. The number of nitrogens with zero attached hydrogens (tertiary/aromatic N) is 2. The van der Waals surface area contributed by atoms with Gasteiger partial charge in [-0.3, -0.25) is 4.99 Å². The second kappa shape index (κ2) is 8.43. The van der Waals surface area contributed by atoms with Crippen LogP contribution in [0.25, 0.3) is 10.9 Å². The predicted molar refractivity (Wildman–Crippen MR) is 127 cm³/mol. The molecular formula is C28H26N2. The Morgan fingerprint density at radius 2 is 1.43 bits per heavy atom. The molecule has 0 radical (unpaired) electrons. The van der Waals surface area contributed by atoms with Gasteiger partial charge in [-0.25, -0.2) is 0 Å². The molecule has 0 aliphatic carbocycles. The highest BCUT2D eigenvalue weighted by Gasteiger charge is 2.16. The molecule has 0 fully saturated rings. The van der Waals surface area contributed by atoms with E-state index in [0.29, 0.717) is 0 Å². The highest BCUT2D eigenvalue weighted by atomic mass is 15.0. The third-order valence-corrected chi connectivity index (χ3v) is 4.87. The second-order valence-corrected chi connectivity index (χ2v) is 8.39. The van der Waals surface area contributed by atoms with Crippen molar-refractivity contribution in [2.75, 3.05) is 0 Å². The quantitative estimate of drug-likeness (QED) is 0.288. The van der Waals surface area contributed by atoms with Crippen LogP contribution in [-0.4, -0.2) is 16.3 Å². The average Bonchev–Trinajstić information content (AvgIpc) is 3.04. The molecule has 0 amide bonds. The summed E-state index contributed by atoms with van der Waals surface area (Å²) in [6.45, 7) is 7.12. The Labute approximate surface area is 178 Å². The molecule has 148 valence electrons. The van der Waals surface area contributed by atoms with Gasteiger partial charge in [-0.15, -0.1) is 0 Å². The zero-order valence-corrected chi connectivity index (χ0v) is 17.8. The van der Waals surface area contributed by atoms with E-state index >= 15 is 0 Å². The summed E-state index contributed by atoms with van der Waals surface area (Å²) in [5, 5.41) is 1.16. The van der Waals surface area contributed by atoms with Crippen LogP contribution in [0.5, 0.6) is 0 Å². The van der Waals surface area contributed by atoms with Crippen LogP contribution in [0, 0.1) is 11.8 Å². The first-order valence-electron chi connectivity index (χ1n) is 10.3. The monoisotopic (exact) mass is 390 g/mol. The smallest absolute Gasteiger partial charge is 0.0761 e. The lowest BCUT2D eigenvalue weighted by molar-refractivity contribution is 0.586. The molecule has 3 aromatic carbocycles. The minimum absolute atomic E-state index is 0.155. The number of rotatable bonds is 3. The average molecular weight is 391 g/mol. The first kappa shape index (κ1) is 19.7. The fourth-order valence-corrected chi connectivity index (χ4v) is 3.44. The Morgan fingerprint density at radius 3 is 2.13 bits per heavy atom. The zero-order chi connectivity index (χ0) is 21.0. The Kier molecular flexibility index (Phi) is 5.55. The van der Waals surface area contributed by atoms with Gasteiger partial charge in [-0.2, -0.15) is 0 Å². The lowest BCUT2D eigenvalue weighted by atomic mass is 10.1. The summed E-state index contributed by atoms with van der Waals surface area (Å²) in [7, 11) is 0. The highest BCUT2D eigenvalue weighted by Crippen LogP contribution is 2.26. The molecule has 2 heteroatoms. The van der Waals surface area contributed by atoms with Crippen molar-refractivity contribution >= 4 is 17.1 Å². The largest absolute Gasteiger partial charge is 0.334 e. The van der Waals surface area contributed by atoms with Crippen molar-refractivity contribution in [2.24, 2.45) is 4.99 Å². The Morgan fingerprint density at radius 1 is 0.800 bits per heavy atom. The minimum Gasteiger partial charge on any atom is -0.334 e. The van der Waals surface area contributed by atoms with Gasteiger partial charge in [0, 0.05) is 23.7 Å². The number of aliphatic imine (C=N–C) groups is 1. The molecule has 4 aromatic rings. The van der Waals surface area contributed by atoms with Crippen molar-refractivity contribution < 1.29 is 0 Å². The standard InChI is InChI=1S/C28H26N2/c1-28(2,3)29-20-27-25(19-18-22-12-6-4-7-13-22)24-16-10-11-17-26(24)30(27)21-23-14-8-5-9-15-23/h4-17,20H,21H2,1-3H3. The first-order chi connectivity index (χ1) is 14.5. The summed E-state index contributed by atoms with van der Waals surface area (Å²) < 4.78 is 2.33. The van der Waals surface area contributed by atoms with Gasteiger partial charge in [0.25, 0.3) is 0 Å². The van der Waals surface area contributed by atoms with Gasteiger partial charge in [0.05, 0.1) is 22.3 Å². The van der Waals surface area contributed by atoms with Gasteiger partial charge in [0.2, 0.25) is 0 Å². The normalized spacial score (nSPS) is 11.6. The summed E-state index contributed by atoms with van der Waals surface area (Å²) in [6.07, 6.45) is 2.00. The van der Waals surface area contributed by atoms with E-state index in [4.69, 9.17) is 4.99 Å². The van der Waals surface area contributed by atoms with Gasteiger partial charge in [0.15, 0.2) is 0 Å². The van der Waals surface area contributed by atoms with Crippen molar-refractivity contribution in [3.05, 3.63) is 107 Å². The lowest BCUT2D eigenvalue weighted by Crippen LogP contribution is -2.12. The van der Waals surface area contributed by atoms with Crippen LogP contribution in [0.2, 0.25) is 0 Å². The summed E-state index contributed by atoms with van der Waals surface area (Å²) in [6, 6.07) is 29.2. The Bertz CT molecular complexity index is 1230. The van der Waals surface area contributed by atoms with E-state index in [1.54, 1.807) is 0 Å². The van der Waals surface area contributed by atoms with E-state index in [1.807, 2.05) is 36.5 Å². The van der Waals surface area contributed by atoms with Gasteiger partial charge in [0.1, 0.15) is 0 Å². The second-order valence-electron chi connectivity index (χ2n) is 8.39. The molecule has 0 spiro atoms. The number of aromatic nitrogens is 1. The molecule has 30 heavy (non-hydrogen) atoms. The van der Waals surface area contributed by atoms with E-state index in [2.05, 4.69) is 91.8 Å². The summed E-state index contributed by atoms with van der Waals surface area (Å²) >= 11 is 0. The van der Waals surface area contributed by atoms with Gasteiger partial charge >= 0.3 is 0 Å². The zero-order valence-electron chi connectivity index (χ0n) is 17.8. The van der Waals surface area contributed by atoms with E-state index in [9.17, 15) is 0 Å². The fourth-order valence-electron chi connectivity index (χ4n) is 3.44. The molecule has 1 heterocycles. The number of benzene rings is 3. The maximum absolute atomic E-state index is 4.83. The van der Waals surface area contributed by atoms with Crippen molar-refractivity contribution in [2.45, 2.75) is 32.9 Å². The molecule has 0 unspecified atom stereocenters. The molecule has 2 nitrogen and oxygen atoms in total. The van der Waals surface area contributed by atoms with Gasteiger partial charge < -0.3 is 4.57 Å². The van der Waals surface area contributed by atoms with Crippen LogP contribution < -0.4 is 0 Å². The molecule has 0 saturated heterocycles. The van der Waals surface area contributed by atoms with Crippen molar-refractivity contribution in [3.63, 3.8) is 0 Å². The van der Waals surface area contributed by atoms with Crippen LogP contribution in [0.15, 0.2) is 89.9 Å². The van der Waals surface area contributed by atoms with E-state index in [0.717, 1.165) is 28.8 Å². The van der Waals surface area contributed by atoms with Gasteiger partial charge in [-0.1, -0.05) is 78.6 Å². The minimum atomic E-state index is -0.155. The van der Waals surface area contributed by atoms with Gasteiger partial charge in [-0.05, 0) is 44.5 Å². The maximum Gasteiger partial charge on any atom is 0.0761 e. The number of hydrogen-bond donors (Lipinski definition) is 0. The van der Waals surface area contributed by atoms with Crippen LogP contribution in [0.1, 0.15) is 43.2 Å². The molecule has 0 saturated carbocycles. The van der Waals surface area contributed by atoms with Crippen LogP contribution in [0.3, 0.4) is 0 Å². The number of hydrogen-bond acceptors (Lipinski definition) is 1. The molecule has 0 aliphatic rings. The number of fused-ring (bicyclic) bond motifs is 1. The predicted octanol–water partition coefficient (Wildman–Crippen LogP) is 6.31. The Hall–Kier alpha value is -3.57. The highest BCUT2D eigenvalue weighted by molar-refractivity contribution is 5.97. The lowest BCUT2D eigenvalue weighted by Gasteiger charge is -2.13. The molecule has 0 aliphatic heterocycles.